The normalized spacial score (nSPS) is 16.6. The van der Waals surface area contributed by atoms with Crippen molar-refractivity contribution in [2.45, 2.75) is 38.3 Å². The number of nitrogens with zero attached hydrogens (tertiary/aromatic N) is 2. The largest absolute Gasteiger partial charge is 0.325 e. The van der Waals surface area contributed by atoms with Gasteiger partial charge in [-0.1, -0.05) is 18.2 Å². The topological polar surface area (TPSA) is 52.7 Å². The van der Waals surface area contributed by atoms with Crippen molar-refractivity contribution < 1.29 is 14.0 Å². The van der Waals surface area contributed by atoms with Crippen LogP contribution in [0.5, 0.6) is 0 Å². The predicted octanol–water partition coefficient (Wildman–Crippen LogP) is 3.56. The number of benzene rings is 2. The van der Waals surface area contributed by atoms with Gasteiger partial charge in [-0.3, -0.25) is 14.5 Å². The lowest BCUT2D eigenvalue weighted by atomic mass is 10.2. The van der Waals surface area contributed by atoms with E-state index in [0.29, 0.717) is 24.7 Å². The van der Waals surface area contributed by atoms with E-state index in [-0.39, 0.29) is 24.2 Å². The molecule has 28 heavy (non-hydrogen) atoms. The highest BCUT2D eigenvalue weighted by atomic mass is 19.1. The lowest BCUT2D eigenvalue weighted by Gasteiger charge is -2.22. The van der Waals surface area contributed by atoms with Gasteiger partial charge in [0.2, 0.25) is 11.8 Å². The lowest BCUT2D eigenvalue weighted by Crippen LogP contribution is -2.34. The van der Waals surface area contributed by atoms with Gasteiger partial charge >= 0.3 is 0 Å². The Labute approximate surface area is 164 Å². The molecule has 1 saturated carbocycles. The van der Waals surface area contributed by atoms with E-state index in [1.807, 2.05) is 24.3 Å². The zero-order valence-corrected chi connectivity index (χ0v) is 15.7. The molecule has 5 nitrogen and oxygen atoms in total. The molecule has 1 heterocycles. The number of nitrogens with one attached hydrogen (secondary N) is 1. The van der Waals surface area contributed by atoms with Gasteiger partial charge in [0.25, 0.3) is 0 Å². The van der Waals surface area contributed by atoms with E-state index >= 15 is 0 Å². The van der Waals surface area contributed by atoms with Gasteiger partial charge in [0.15, 0.2) is 0 Å². The fourth-order valence-corrected chi connectivity index (χ4v) is 3.64. The third-order valence-electron chi connectivity index (χ3n) is 5.22. The molecule has 6 heteroatoms. The Bertz CT molecular complexity index is 864. The van der Waals surface area contributed by atoms with Crippen LogP contribution in [0.15, 0.2) is 48.5 Å². The predicted molar refractivity (Wildman–Crippen MR) is 106 cm³/mol. The van der Waals surface area contributed by atoms with Crippen molar-refractivity contribution >= 4 is 23.2 Å². The van der Waals surface area contributed by atoms with Crippen LogP contribution < -0.4 is 10.2 Å². The zero-order chi connectivity index (χ0) is 19.5. The van der Waals surface area contributed by atoms with Crippen LogP contribution >= 0.6 is 0 Å². The summed E-state index contributed by atoms with van der Waals surface area (Å²) in [7, 11) is 0. The molecule has 0 radical (unpaired) electrons. The van der Waals surface area contributed by atoms with Crippen molar-refractivity contribution in [3.63, 3.8) is 0 Å². The smallest absolute Gasteiger partial charge is 0.238 e. The first-order valence-electron chi connectivity index (χ1n) is 9.77. The first-order chi connectivity index (χ1) is 13.6. The average Bonchev–Trinajstić information content (AvgIpc) is 3.44. The summed E-state index contributed by atoms with van der Waals surface area (Å²) in [5.41, 5.74) is 2.51. The monoisotopic (exact) mass is 381 g/mol. The Hall–Kier alpha value is -2.73. The van der Waals surface area contributed by atoms with E-state index < -0.39 is 0 Å². The summed E-state index contributed by atoms with van der Waals surface area (Å²) in [6.07, 6.45) is 3.62. The number of anilines is 2. The maximum absolute atomic E-state index is 13.1. The molecule has 0 atom stereocenters. The molecule has 146 valence electrons. The van der Waals surface area contributed by atoms with Crippen LogP contribution in [-0.2, 0) is 16.1 Å². The maximum atomic E-state index is 13.1. The maximum Gasteiger partial charge on any atom is 0.238 e. The molecule has 0 aromatic heterocycles. The molecule has 1 N–H and O–H groups in total. The van der Waals surface area contributed by atoms with E-state index in [9.17, 15) is 14.0 Å². The van der Waals surface area contributed by atoms with Gasteiger partial charge in [-0.25, -0.2) is 4.39 Å². The minimum absolute atomic E-state index is 0.0843. The van der Waals surface area contributed by atoms with Gasteiger partial charge in [-0.05, 0) is 55.2 Å². The third-order valence-corrected chi connectivity index (χ3v) is 5.22. The van der Waals surface area contributed by atoms with E-state index in [1.54, 1.807) is 17.0 Å². The van der Waals surface area contributed by atoms with E-state index in [4.69, 9.17) is 0 Å². The van der Waals surface area contributed by atoms with Gasteiger partial charge in [0.1, 0.15) is 5.82 Å². The third kappa shape index (κ3) is 4.57. The minimum atomic E-state index is -0.254. The van der Waals surface area contributed by atoms with Gasteiger partial charge in [-0.15, -0.1) is 0 Å². The molecule has 2 amide bonds. The first-order valence-corrected chi connectivity index (χ1v) is 9.77. The van der Waals surface area contributed by atoms with Crippen LogP contribution in [0.25, 0.3) is 0 Å². The number of rotatable bonds is 7. The molecule has 2 aromatic rings. The quantitative estimate of drug-likeness (QED) is 0.798. The molecule has 0 spiro atoms. The van der Waals surface area contributed by atoms with Gasteiger partial charge in [-0.2, -0.15) is 0 Å². The molecule has 2 fully saturated rings. The first kappa shape index (κ1) is 18.6. The summed E-state index contributed by atoms with van der Waals surface area (Å²) in [5, 5.41) is 2.95. The Morgan fingerprint density at radius 2 is 1.96 bits per heavy atom. The van der Waals surface area contributed by atoms with Crippen molar-refractivity contribution in [1.82, 2.24) is 4.90 Å². The molecule has 1 aliphatic heterocycles. The SMILES string of the molecule is O=C(CN(Cc1ccc(F)cc1)C1CC1)Nc1cccc(N2CCCC2=O)c1. The second-order valence-electron chi connectivity index (χ2n) is 7.51. The fourth-order valence-electron chi connectivity index (χ4n) is 3.64. The minimum Gasteiger partial charge on any atom is -0.325 e. The molecule has 0 bridgehead atoms. The summed E-state index contributed by atoms with van der Waals surface area (Å²) in [4.78, 5) is 28.4. The van der Waals surface area contributed by atoms with Crippen molar-refractivity contribution in [3.8, 4) is 0 Å². The molecular weight excluding hydrogens is 357 g/mol. The Morgan fingerprint density at radius 3 is 2.64 bits per heavy atom. The Kier molecular flexibility index (Phi) is 5.39. The summed E-state index contributed by atoms with van der Waals surface area (Å²) >= 11 is 0. The fraction of sp³-hybridized carbons (Fsp3) is 0.364. The molecule has 2 aromatic carbocycles. The second kappa shape index (κ2) is 8.10. The van der Waals surface area contributed by atoms with Crippen LogP contribution in [-0.4, -0.2) is 35.8 Å². The summed E-state index contributed by atoms with van der Waals surface area (Å²) < 4.78 is 13.1. The number of amides is 2. The molecule has 4 rings (SSSR count). The summed E-state index contributed by atoms with van der Waals surface area (Å²) in [6, 6.07) is 14.3. The Morgan fingerprint density at radius 1 is 1.18 bits per heavy atom. The van der Waals surface area contributed by atoms with Crippen LogP contribution in [0, 0.1) is 5.82 Å². The molecule has 1 saturated heterocycles. The number of hydrogen-bond acceptors (Lipinski definition) is 3. The van der Waals surface area contributed by atoms with E-state index in [2.05, 4.69) is 10.2 Å². The van der Waals surface area contributed by atoms with Crippen molar-refractivity contribution in [2.24, 2.45) is 0 Å². The van der Waals surface area contributed by atoms with Crippen LogP contribution in [0.3, 0.4) is 0 Å². The molecule has 1 aliphatic carbocycles. The van der Waals surface area contributed by atoms with Gasteiger partial charge in [0.05, 0.1) is 6.54 Å². The number of carbonyl (C=O) groups excluding carboxylic acids is 2. The van der Waals surface area contributed by atoms with Gasteiger partial charge < -0.3 is 10.2 Å². The van der Waals surface area contributed by atoms with E-state index in [1.165, 1.54) is 12.1 Å². The highest BCUT2D eigenvalue weighted by Crippen LogP contribution is 2.28. The van der Waals surface area contributed by atoms with Crippen molar-refractivity contribution in [3.05, 3.63) is 59.9 Å². The second-order valence-corrected chi connectivity index (χ2v) is 7.51. The molecule has 0 unspecified atom stereocenters. The van der Waals surface area contributed by atoms with Gasteiger partial charge in [0, 0.05) is 36.9 Å². The molecule has 2 aliphatic rings. The van der Waals surface area contributed by atoms with Crippen molar-refractivity contribution in [2.75, 3.05) is 23.3 Å². The Balaban J connectivity index is 1.38. The molecular formula is C22H24FN3O2. The average molecular weight is 381 g/mol. The number of carbonyl (C=O) groups is 2. The highest BCUT2D eigenvalue weighted by molar-refractivity contribution is 5.97. The number of halogens is 1. The zero-order valence-electron chi connectivity index (χ0n) is 15.7. The lowest BCUT2D eigenvalue weighted by molar-refractivity contribution is -0.118. The van der Waals surface area contributed by atoms with Crippen LogP contribution in [0.4, 0.5) is 15.8 Å². The van der Waals surface area contributed by atoms with Crippen LogP contribution in [0.2, 0.25) is 0 Å². The summed E-state index contributed by atoms with van der Waals surface area (Å²) in [5.74, 6) is -0.211. The highest BCUT2D eigenvalue weighted by Gasteiger charge is 2.30. The standard InChI is InChI=1S/C22H24FN3O2/c23-17-8-6-16(7-9-17)14-25(19-10-11-19)15-21(27)24-18-3-1-4-20(13-18)26-12-2-5-22(26)28/h1,3-4,6-9,13,19H,2,5,10-12,14-15H2,(H,24,27). The summed E-state index contributed by atoms with van der Waals surface area (Å²) in [6.45, 7) is 1.64. The van der Waals surface area contributed by atoms with Crippen LogP contribution in [0.1, 0.15) is 31.2 Å². The number of hydrogen-bond donors (Lipinski definition) is 1. The van der Waals surface area contributed by atoms with E-state index in [0.717, 1.165) is 37.1 Å². The van der Waals surface area contributed by atoms with Crippen molar-refractivity contribution in [1.29, 1.82) is 0 Å².